The maximum absolute atomic E-state index is 5.89. The zero-order chi connectivity index (χ0) is 9.14. The molecule has 2 atom stereocenters. The lowest BCUT2D eigenvalue weighted by Gasteiger charge is -2.18. The lowest BCUT2D eigenvalue weighted by atomic mass is 9.89. The third-order valence-electron chi connectivity index (χ3n) is 2.74. The lowest BCUT2D eigenvalue weighted by molar-refractivity contribution is 0.421. The van der Waals surface area contributed by atoms with E-state index in [-0.39, 0.29) is 12.4 Å². The molecule has 1 aliphatic heterocycles. The fourth-order valence-corrected chi connectivity index (χ4v) is 1.76. The van der Waals surface area contributed by atoms with Gasteiger partial charge in [-0.05, 0) is 24.7 Å². The molecule has 0 unspecified atom stereocenters. The molecule has 0 fully saturated rings. The first-order valence-electron chi connectivity index (χ1n) is 4.91. The van der Waals surface area contributed by atoms with Crippen LogP contribution in [-0.4, -0.2) is 12.4 Å². The minimum Gasteiger partial charge on any atom is -0.387 e. The largest absolute Gasteiger partial charge is 0.387 e. The van der Waals surface area contributed by atoms with Gasteiger partial charge in [0.2, 0.25) is 0 Å². The highest BCUT2D eigenvalue weighted by molar-refractivity contribution is 5.85. The van der Waals surface area contributed by atoms with Gasteiger partial charge in [0.25, 0.3) is 0 Å². The van der Waals surface area contributed by atoms with Gasteiger partial charge in [0.05, 0.1) is 5.84 Å². The summed E-state index contributed by atoms with van der Waals surface area (Å²) in [6.07, 6.45) is 2.49. The number of nitrogens with two attached hydrogens (primary N) is 1. The van der Waals surface area contributed by atoms with Crippen molar-refractivity contribution in [3.05, 3.63) is 0 Å². The smallest absolute Gasteiger partial charge is 0.0971 e. The molecule has 1 heterocycles. The molecule has 0 saturated carbocycles. The van der Waals surface area contributed by atoms with Gasteiger partial charge in [-0.15, -0.1) is 12.4 Å². The summed E-state index contributed by atoms with van der Waals surface area (Å²) in [5, 5.41) is 0. The Balaban J connectivity index is 0.00000144. The van der Waals surface area contributed by atoms with E-state index in [2.05, 4.69) is 25.8 Å². The second-order valence-corrected chi connectivity index (χ2v) is 4.30. The molecule has 0 aromatic heterocycles. The number of nitrogens with zero attached hydrogens (tertiary/aromatic N) is 1. The number of halogens is 1. The van der Waals surface area contributed by atoms with Crippen LogP contribution >= 0.6 is 12.4 Å². The van der Waals surface area contributed by atoms with Crippen LogP contribution in [0.4, 0.5) is 0 Å². The van der Waals surface area contributed by atoms with Gasteiger partial charge >= 0.3 is 0 Å². The Morgan fingerprint density at radius 2 is 2.00 bits per heavy atom. The molecule has 0 aromatic carbocycles. The highest BCUT2D eigenvalue weighted by Gasteiger charge is 2.21. The summed E-state index contributed by atoms with van der Waals surface area (Å²) in [6, 6.07) is 0. The summed E-state index contributed by atoms with van der Waals surface area (Å²) in [7, 11) is 0. The van der Waals surface area contributed by atoms with Crippen LogP contribution in [0, 0.1) is 17.8 Å². The Hall–Kier alpha value is -0.240. The molecule has 0 aromatic rings. The minimum absolute atomic E-state index is 0. The van der Waals surface area contributed by atoms with Crippen molar-refractivity contribution in [2.45, 2.75) is 33.6 Å². The summed E-state index contributed by atoms with van der Waals surface area (Å²) in [4.78, 5) is 4.40. The van der Waals surface area contributed by atoms with Gasteiger partial charge in [-0.1, -0.05) is 20.8 Å². The molecular formula is C10H21ClN2. The van der Waals surface area contributed by atoms with Crippen LogP contribution < -0.4 is 5.73 Å². The maximum atomic E-state index is 5.89. The van der Waals surface area contributed by atoms with Gasteiger partial charge in [0.1, 0.15) is 0 Å². The van der Waals surface area contributed by atoms with Gasteiger partial charge in [0, 0.05) is 12.5 Å². The second-order valence-electron chi connectivity index (χ2n) is 4.30. The van der Waals surface area contributed by atoms with Gasteiger partial charge in [0.15, 0.2) is 0 Å². The molecular weight excluding hydrogens is 184 g/mol. The van der Waals surface area contributed by atoms with Crippen molar-refractivity contribution >= 4 is 18.2 Å². The molecule has 1 rings (SSSR count). The van der Waals surface area contributed by atoms with E-state index in [0.29, 0.717) is 17.8 Å². The molecule has 0 saturated heterocycles. The number of aliphatic imine (C=N–C) groups is 1. The van der Waals surface area contributed by atoms with Crippen LogP contribution in [-0.2, 0) is 0 Å². The van der Waals surface area contributed by atoms with Crippen molar-refractivity contribution in [3.8, 4) is 0 Å². The number of rotatable bonds is 1. The summed E-state index contributed by atoms with van der Waals surface area (Å²) < 4.78 is 0. The van der Waals surface area contributed by atoms with Crippen LogP contribution in [0.1, 0.15) is 33.6 Å². The standard InChI is InChI=1S/C10H20N2.ClH/c1-7(2)9-5-4-8(3)6-12-10(9)11;/h7-9H,4-6H2,1-3H3,(H2,11,12);1H/t8-,9+;/m1./s1. The molecule has 0 amide bonds. The van der Waals surface area contributed by atoms with Crippen molar-refractivity contribution in [2.24, 2.45) is 28.5 Å². The van der Waals surface area contributed by atoms with Gasteiger partial charge in [-0.3, -0.25) is 4.99 Å². The zero-order valence-electron chi connectivity index (χ0n) is 8.79. The van der Waals surface area contributed by atoms with Crippen LogP contribution in [0.25, 0.3) is 0 Å². The average molecular weight is 205 g/mol. The number of amidine groups is 1. The maximum Gasteiger partial charge on any atom is 0.0971 e. The van der Waals surface area contributed by atoms with Crippen LogP contribution in [0.15, 0.2) is 4.99 Å². The van der Waals surface area contributed by atoms with E-state index in [0.717, 1.165) is 12.4 Å². The lowest BCUT2D eigenvalue weighted by Crippen LogP contribution is -2.27. The Labute approximate surface area is 87.4 Å². The topological polar surface area (TPSA) is 38.4 Å². The predicted molar refractivity (Wildman–Crippen MR) is 60.5 cm³/mol. The molecule has 2 nitrogen and oxygen atoms in total. The third kappa shape index (κ3) is 3.55. The Morgan fingerprint density at radius 1 is 1.38 bits per heavy atom. The van der Waals surface area contributed by atoms with Gasteiger partial charge in [-0.2, -0.15) is 0 Å². The summed E-state index contributed by atoms with van der Waals surface area (Å²) >= 11 is 0. The van der Waals surface area contributed by atoms with E-state index in [1.165, 1.54) is 12.8 Å². The molecule has 78 valence electrons. The third-order valence-corrected chi connectivity index (χ3v) is 2.74. The highest BCUT2D eigenvalue weighted by Crippen LogP contribution is 2.23. The molecule has 3 heteroatoms. The summed E-state index contributed by atoms with van der Waals surface area (Å²) in [5.74, 6) is 2.76. The van der Waals surface area contributed by atoms with E-state index in [4.69, 9.17) is 5.73 Å². The Bertz CT molecular complexity index is 178. The summed E-state index contributed by atoms with van der Waals surface area (Å²) in [5.41, 5.74) is 5.89. The Kier molecular flexibility index (Phi) is 5.38. The zero-order valence-corrected chi connectivity index (χ0v) is 9.60. The average Bonchev–Trinajstić information content (AvgIpc) is 2.14. The fraction of sp³-hybridized carbons (Fsp3) is 0.900. The van der Waals surface area contributed by atoms with Crippen LogP contribution in [0.2, 0.25) is 0 Å². The number of hydrogen-bond donors (Lipinski definition) is 1. The van der Waals surface area contributed by atoms with E-state index in [1.807, 2.05) is 0 Å². The van der Waals surface area contributed by atoms with Crippen molar-refractivity contribution < 1.29 is 0 Å². The van der Waals surface area contributed by atoms with E-state index in [1.54, 1.807) is 0 Å². The molecule has 13 heavy (non-hydrogen) atoms. The van der Waals surface area contributed by atoms with E-state index < -0.39 is 0 Å². The minimum atomic E-state index is 0. The van der Waals surface area contributed by atoms with Crippen molar-refractivity contribution in [2.75, 3.05) is 6.54 Å². The SMILES string of the molecule is CC(C)[C@@H]1CC[C@@H](C)CN=C1N.Cl. The normalized spacial score (nSPS) is 29.1. The molecule has 0 bridgehead atoms. The van der Waals surface area contributed by atoms with Crippen molar-refractivity contribution in [1.82, 2.24) is 0 Å². The molecule has 0 spiro atoms. The van der Waals surface area contributed by atoms with Gasteiger partial charge < -0.3 is 5.73 Å². The van der Waals surface area contributed by atoms with Crippen LogP contribution in [0.5, 0.6) is 0 Å². The molecule has 2 N–H and O–H groups in total. The first-order valence-corrected chi connectivity index (χ1v) is 4.91. The molecule has 1 aliphatic rings. The second kappa shape index (κ2) is 5.48. The first-order chi connectivity index (χ1) is 5.61. The highest BCUT2D eigenvalue weighted by atomic mass is 35.5. The van der Waals surface area contributed by atoms with Crippen molar-refractivity contribution in [1.29, 1.82) is 0 Å². The molecule has 0 radical (unpaired) electrons. The quantitative estimate of drug-likeness (QED) is 0.700. The van der Waals surface area contributed by atoms with Crippen LogP contribution in [0.3, 0.4) is 0 Å². The van der Waals surface area contributed by atoms with E-state index >= 15 is 0 Å². The van der Waals surface area contributed by atoms with E-state index in [9.17, 15) is 0 Å². The number of hydrogen-bond acceptors (Lipinski definition) is 2. The Morgan fingerprint density at radius 3 is 2.54 bits per heavy atom. The fourth-order valence-electron chi connectivity index (χ4n) is 1.76. The first kappa shape index (κ1) is 12.8. The monoisotopic (exact) mass is 204 g/mol. The predicted octanol–water partition coefficient (Wildman–Crippen LogP) is 2.47. The molecule has 0 aliphatic carbocycles. The van der Waals surface area contributed by atoms with Gasteiger partial charge in [-0.25, -0.2) is 0 Å². The summed E-state index contributed by atoms with van der Waals surface area (Å²) in [6.45, 7) is 7.63. The van der Waals surface area contributed by atoms with Crippen molar-refractivity contribution in [3.63, 3.8) is 0 Å².